The van der Waals surface area contributed by atoms with Gasteiger partial charge in [0.2, 0.25) is 0 Å². The number of nitrogens with zero attached hydrogens (tertiary/aromatic N) is 1. The summed E-state index contributed by atoms with van der Waals surface area (Å²) in [5, 5.41) is 3.42. The lowest BCUT2D eigenvalue weighted by atomic mass is 9.91. The third-order valence-corrected chi connectivity index (χ3v) is 4.02. The second kappa shape index (κ2) is 6.95. The lowest BCUT2D eigenvalue weighted by molar-refractivity contribution is 0.469. The second-order valence-corrected chi connectivity index (χ2v) is 5.61. The van der Waals surface area contributed by atoms with Gasteiger partial charge in [-0.2, -0.15) is 0 Å². The van der Waals surface area contributed by atoms with Crippen molar-refractivity contribution < 1.29 is 4.39 Å². The number of hydrogen-bond donors (Lipinski definition) is 1. The van der Waals surface area contributed by atoms with Gasteiger partial charge in [0.05, 0.1) is 4.47 Å². The Morgan fingerprint density at radius 3 is 2.70 bits per heavy atom. The molecule has 106 valence electrons. The Hall–Kier alpha value is -1.26. The molecule has 0 spiro atoms. The molecule has 0 bridgehead atoms. The van der Waals surface area contributed by atoms with Crippen LogP contribution in [0.5, 0.6) is 0 Å². The van der Waals surface area contributed by atoms with Crippen LogP contribution in [0.3, 0.4) is 0 Å². The lowest BCUT2D eigenvalue weighted by Gasteiger charge is -2.25. The Morgan fingerprint density at radius 1 is 1.30 bits per heavy atom. The molecule has 20 heavy (non-hydrogen) atoms. The fourth-order valence-electron chi connectivity index (χ4n) is 2.33. The summed E-state index contributed by atoms with van der Waals surface area (Å²) in [6.45, 7) is 4.97. The summed E-state index contributed by atoms with van der Waals surface area (Å²) in [7, 11) is 0. The number of rotatable bonds is 5. The number of benzene rings is 1. The molecule has 4 heteroatoms. The van der Waals surface area contributed by atoms with Crippen molar-refractivity contribution in [3.05, 3.63) is 64.1 Å². The highest BCUT2D eigenvalue weighted by Crippen LogP contribution is 2.31. The highest BCUT2D eigenvalue weighted by molar-refractivity contribution is 9.10. The van der Waals surface area contributed by atoms with E-state index in [1.807, 2.05) is 31.2 Å². The highest BCUT2D eigenvalue weighted by atomic mass is 79.9. The molecule has 2 rings (SSSR count). The topological polar surface area (TPSA) is 24.9 Å². The molecule has 1 heterocycles. The monoisotopic (exact) mass is 336 g/mol. The van der Waals surface area contributed by atoms with Crippen LogP contribution in [0.15, 0.2) is 47.1 Å². The molecule has 1 aromatic heterocycles. The van der Waals surface area contributed by atoms with Gasteiger partial charge in [-0.3, -0.25) is 4.98 Å². The summed E-state index contributed by atoms with van der Waals surface area (Å²) >= 11 is 3.19. The van der Waals surface area contributed by atoms with E-state index in [0.29, 0.717) is 4.47 Å². The van der Waals surface area contributed by atoms with Crippen molar-refractivity contribution in [2.45, 2.75) is 25.8 Å². The third-order valence-electron chi connectivity index (χ3n) is 3.38. The van der Waals surface area contributed by atoms with Crippen LogP contribution in [0.4, 0.5) is 4.39 Å². The van der Waals surface area contributed by atoms with Gasteiger partial charge in [0.25, 0.3) is 0 Å². The van der Waals surface area contributed by atoms with E-state index >= 15 is 0 Å². The number of hydrogen-bond acceptors (Lipinski definition) is 2. The molecule has 0 aliphatic heterocycles. The minimum atomic E-state index is -0.237. The molecule has 0 saturated carbocycles. The second-order valence-electron chi connectivity index (χ2n) is 4.75. The van der Waals surface area contributed by atoms with Gasteiger partial charge in [0.15, 0.2) is 0 Å². The fourth-order valence-corrected chi connectivity index (χ4v) is 2.57. The van der Waals surface area contributed by atoms with Gasteiger partial charge >= 0.3 is 0 Å². The standard InChI is InChI=1S/C16H18BrFN2/c1-3-19-16(11(2)15-6-4-5-9-20-15)12-7-8-13(17)14(18)10-12/h4-11,16,19H,3H2,1-2H3. The van der Waals surface area contributed by atoms with Gasteiger partial charge in [0.1, 0.15) is 5.82 Å². The molecule has 0 aliphatic carbocycles. The lowest BCUT2D eigenvalue weighted by Crippen LogP contribution is -2.26. The van der Waals surface area contributed by atoms with Crippen molar-refractivity contribution in [3.63, 3.8) is 0 Å². The zero-order valence-electron chi connectivity index (χ0n) is 11.6. The number of halogens is 2. The van der Waals surface area contributed by atoms with E-state index in [2.05, 4.69) is 33.2 Å². The summed E-state index contributed by atoms with van der Waals surface area (Å²) in [5.41, 5.74) is 1.94. The predicted molar refractivity (Wildman–Crippen MR) is 83.2 cm³/mol. The Kier molecular flexibility index (Phi) is 5.26. The van der Waals surface area contributed by atoms with Gasteiger partial charge in [-0.15, -0.1) is 0 Å². The average molecular weight is 337 g/mol. The van der Waals surface area contributed by atoms with E-state index in [4.69, 9.17) is 0 Å². The molecule has 0 fully saturated rings. The molecular weight excluding hydrogens is 319 g/mol. The van der Waals surface area contributed by atoms with Crippen LogP contribution in [-0.2, 0) is 0 Å². The molecule has 1 N–H and O–H groups in total. The van der Waals surface area contributed by atoms with Gasteiger partial charge in [0, 0.05) is 23.9 Å². The maximum absolute atomic E-state index is 13.8. The first kappa shape index (κ1) is 15.1. The fraction of sp³-hybridized carbons (Fsp3) is 0.312. The van der Waals surface area contributed by atoms with E-state index in [-0.39, 0.29) is 17.8 Å². The van der Waals surface area contributed by atoms with Gasteiger partial charge < -0.3 is 5.32 Å². The molecule has 2 aromatic rings. The molecule has 1 aromatic carbocycles. The normalized spacial score (nSPS) is 14.0. The minimum absolute atomic E-state index is 0.0394. The highest BCUT2D eigenvalue weighted by Gasteiger charge is 2.21. The molecule has 0 radical (unpaired) electrons. The van der Waals surface area contributed by atoms with Crippen molar-refractivity contribution in [1.82, 2.24) is 10.3 Å². The first-order chi connectivity index (χ1) is 9.63. The van der Waals surface area contributed by atoms with E-state index < -0.39 is 0 Å². The first-order valence-corrected chi connectivity index (χ1v) is 7.52. The van der Waals surface area contributed by atoms with Gasteiger partial charge in [-0.25, -0.2) is 4.39 Å². The van der Waals surface area contributed by atoms with Gasteiger partial charge in [-0.05, 0) is 52.3 Å². The molecule has 2 nitrogen and oxygen atoms in total. The Balaban J connectivity index is 2.33. The summed E-state index contributed by atoms with van der Waals surface area (Å²) in [4.78, 5) is 4.40. The summed E-state index contributed by atoms with van der Waals surface area (Å²) in [6.07, 6.45) is 1.79. The van der Waals surface area contributed by atoms with Crippen LogP contribution in [0, 0.1) is 5.82 Å². The quantitative estimate of drug-likeness (QED) is 0.873. The van der Waals surface area contributed by atoms with Crippen molar-refractivity contribution in [2.24, 2.45) is 0 Å². The van der Waals surface area contributed by atoms with E-state index in [1.165, 1.54) is 0 Å². The zero-order valence-corrected chi connectivity index (χ0v) is 13.2. The summed E-state index contributed by atoms with van der Waals surface area (Å²) < 4.78 is 14.2. The van der Waals surface area contributed by atoms with Crippen LogP contribution in [0.2, 0.25) is 0 Å². The molecule has 2 unspecified atom stereocenters. The maximum atomic E-state index is 13.8. The molecule has 0 amide bonds. The molecular formula is C16H18BrFN2. The molecule has 0 saturated heterocycles. The van der Waals surface area contributed by atoms with E-state index in [9.17, 15) is 4.39 Å². The van der Waals surface area contributed by atoms with Crippen molar-refractivity contribution in [1.29, 1.82) is 0 Å². The largest absolute Gasteiger partial charge is 0.310 e. The number of nitrogens with one attached hydrogen (secondary N) is 1. The van der Waals surface area contributed by atoms with Crippen molar-refractivity contribution in [2.75, 3.05) is 6.54 Å². The van der Waals surface area contributed by atoms with Gasteiger partial charge in [-0.1, -0.05) is 26.0 Å². The van der Waals surface area contributed by atoms with Crippen LogP contribution in [0.1, 0.15) is 37.1 Å². The number of likely N-dealkylation sites (N-methyl/N-ethyl adjacent to an activating group) is 1. The van der Waals surface area contributed by atoms with Crippen LogP contribution in [0.25, 0.3) is 0 Å². The van der Waals surface area contributed by atoms with Crippen LogP contribution < -0.4 is 5.32 Å². The maximum Gasteiger partial charge on any atom is 0.137 e. The smallest absolute Gasteiger partial charge is 0.137 e. The van der Waals surface area contributed by atoms with Crippen LogP contribution >= 0.6 is 15.9 Å². The Labute approximate surface area is 127 Å². The first-order valence-electron chi connectivity index (χ1n) is 6.72. The average Bonchev–Trinajstić information content (AvgIpc) is 2.48. The predicted octanol–water partition coefficient (Wildman–Crippen LogP) is 4.44. The third kappa shape index (κ3) is 3.44. The van der Waals surface area contributed by atoms with Crippen molar-refractivity contribution >= 4 is 15.9 Å². The Morgan fingerprint density at radius 2 is 2.10 bits per heavy atom. The van der Waals surface area contributed by atoms with E-state index in [1.54, 1.807) is 18.3 Å². The SMILES string of the molecule is CCNC(c1ccc(Br)c(F)c1)C(C)c1ccccn1. The minimum Gasteiger partial charge on any atom is -0.310 e. The summed E-state index contributed by atoms with van der Waals surface area (Å²) in [5.74, 6) is -0.0738. The molecule has 2 atom stereocenters. The van der Waals surface area contributed by atoms with E-state index in [0.717, 1.165) is 17.8 Å². The summed E-state index contributed by atoms with van der Waals surface area (Å²) in [6, 6.07) is 11.2. The number of aromatic nitrogens is 1. The zero-order chi connectivity index (χ0) is 14.5. The molecule has 0 aliphatic rings. The number of pyridine rings is 1. The Bertz CT molecular complexity index is 560. The van der Waals surface area contributed by atoms with Crippen molar-refractivity contribution in [3.8, 4) is 0 Å². The van der Waals surface area contributed by atoms with Crippen LogP contribution in [-0.4, -0.2) is 11.5 Å².